The van der Waals surface area contributed by atoms with Gasteiger partial charge in [-0.1, -0.05) is 35.9 Å². The number of hydrogen-bond acceptors (Lipinski definition) is 2. The van der Waals surface area contributed by atoms with Crippen LogP contribution in [0.5, 0.6) is 0 Å². The van der Waals surface area contributed by atoms with Gasteiger partial charge in [-0.3, -0.25) is 0 Å². The maximum Gasteiger partial charge on any atom is 0.158 e. The van der Waals surface area contributed by atoms with E-state index in [2.05, 4.69) is 54.3 Å². The maximum absolute atomic E-state index is 4.60. The minimum atomic E-state index is 0.880. The van der Waals surface area contributed by atoms with Gasteiger partial charge < -0.3 is 0 Å². The molecule has 0 radical (unpaired) electrons. The van der Waals surface area contributed by atoms with Gasteiger partial charge in [-0.05, 0) is 37.5 Å². The monoisotopic (exact) mass is 251 g/mol. The van der Waals surface area contributed by atoms with Crippen molar-refractivity contribution in [1.82, 2.24) is 14.6 Å². The SMILES string of the molecule is Cc1cccc(CCc2nc3c(C)cccn3n2)c1. The predicted molar refractivity (Wildman–Crippen MR) is 76.3 cm³/mol. The molecule has 3 aromatic rings. The zero-order valence-electron chi connectivity index (χ0n) is 11.3. The highest BCUT2D eigenvalue weighted by Gasteiger charge is 2.05. The summed E-state index contributed by atoms with van der Waals surface area (Å²) in [5.41, 5.74) is 4.77. The molecule has 0 fully saturated rings. The first kappa shape index (κ1) is 11.9. The van der Waals surface area contributed by atoms with Crippen LogP contribution in [0.4, 0.5) is 0 Å². The summed E-state index contributed by atoms with van der Waals surface area (Å²) < 4.78 is 1.86. The van der Waals surface area contributed by atoms with Gasteiger partial charge in [0.05, 0.1) is 0 Å². The van der Waals surface area contributed by atoms with Crippen LogP contribution in [0.3, 0.4) is 0 Å². The zero-order chi connectivity index (χ0) is 13.2. The summed E-state index contributed by atoms with van der Waals surface area (Å²) in [4.78, 5) is 4.60. The average Bonchev–Trinajstić information content (AvgIpc) is 2.81. The van der Waals surface area contributed by atoms with E-state index in [9.17, 15) is 0 Å². The Labute approximate surface area is 112 Å². The zero-order valence-corrected chi connectivity index (χ0v) is 11.3. The molecule has 19 heavy (non-hydrogen) atoms. The van der Waals surface area contributed by atoms with E-state index in [1.54, 1.807) is 0 Å². The fourth-order valence-corrected chi connectivity index (χ4v) is 2.31. The molecular formula is C16H17N3. The van der Waals surface area contributed by atoms with Crippen LogP contribution in [0, 0.1) is 13.8 Å². The summed E-state index contributed by atoms with van der Waals surface area (Å²) in [5.74, 6) is 0.913. The second kappa shape index (κ2) is 4.84. The van der Waals surface area contributed by atoms with Crippen molar-refractivity contribution in [1.29, 1.82) is 0 Å². The number of rotatable bonds is 3. The van der Waals surface area contributed by atoms with Crippen LogP contribution >= 0.6 is 0 Å². The summed E-state index contributed by atoms with van der Waals surface area (Å²) in [5, 5.41) is 4.52. The van der Waals surface area contributed by atoms with E-state index in [-0.39, 0.29) is 0 Å². The molecule has 0 aliphatic heterocycles. The van der Waals surface area contributed by atoms with Crippen LogP contribution in [0.15, 0.2) is 42.6 Å². The number of hydrogen-bond donors (Lipinski definition) is 0. The van der Waals surface area contributed by atoms with Crippen molar-refractivity contribution in [3.63, 3.8) is 0 Å². The molecule has 0 saturated carbocycles. The van der Waals surface area contributed by atoms with E-state index < -0.39 is 0 Å². The first-order valence-corrected chi connectivity index (χ1v) is 6.59. The van der Waals surface area contributed by atoms with Crippen molar-refractivity contribution in [3.05, 3.63) is 65.1 Å². The highest BCUT2D eigenvalue weighted by molar-refractivity contribution is 5.45. The van der Waals surface area contributed by atoms with Crippen molar-refractivity contribution in [2.75, 3.05) is 0 Å². The van der Waals surface area contributed by atoms with Crippen molar-refractivity contribution in [2.24, 2.45) is 0 Å². The fourth-order valence-electron chi connectivity index (χ4n) is 2.31. The van der Waals surface area contributed by atoms with Gasteiger partial charge in [-0.15, -0.1) is 0 Å². The van der Waals surface area contributed by atoms with Gasteiger partial charge in [0.15, 0.2) is 11.5 Å². The van der Waals surface area contributed by atoms with Crippen LogP contribution in [-0.4, -0.2) is 14.6 Å². The number of nitrogens with zero attached hydrogens (tertiary/aromatic N) is 3. The summed E-state index contributed by atoms with van der Waals surface area (Å²) in [7, 11) is 0. The van der Waals surface area contributed by atoms with Crippen LogP contribution in [-0.2, 0) is 12.8 Å². The second-order valence-corrected chi connectivity index (χ2v) is 4.98. The summed E-state index contributed by atoms with van der Waals surface area (Å²) in [6.07, 6.45) is 3.81. The van der Waals surface area contributed by atoms with Crippen molar-refractivity contribution in [3.8, 4) is 0 Å². The first-order valence-electron chi connectivity index (χ1n) is 6.59. The Hall–Kier alpha value is -2.16. The number of fused-ring (bicyclic) bond motifs is 1. The van der Waals surface area contributed by atoms with Crippen LogP contribution < -0.4 is 0 Å². The average molecular weight is 251 g/mol. The summed E-state index contributed by atoms with van der Waals surface area (Å²) >= 11 is 0. The van der Waals surface area contributed by atoms with Crippen LogP contribution in [0.1, 0.15) is 22.5 Å². The van der Waals surface area contributed by atoms with Gasteiger partial charge >= 0.3 is 0 Å². The summed E-state index contributed by atoms with van der Waals surface area (Å²) in [6, 6.07) is 12.7. The third kappa shape index (κ3) is 2.50. The van der Waals surface area contributed by atoms with E-state index >= 15 is 0 Å². The lowest BCUT2D eigenvalue weighted by molar-refractivity contribution is 0.836. The molecule has 0 atom stereocenters. The molecule has 0 unspecified atom stereocenters. The molecule has 0 aliphatic carbocycles. The van der Waals surface area contributed by atoms with Crippen LogP contribution in [0.2, 0.25) is 0 Å². The number of benzene rings is 1. The predicted octanol–water partition coefficient (Wildman–Crippen LogP) is 3.13. The number of aryl methyl sites for hydroxylation is 4. The molecule has 0 spiro atoms. The molecule has 2 heterocycles. The Morgan fingerprint density at radius 2 is 1.95 bits per heavy atom. The van der Waals surface area contributed by atoms with E-state index in [0.717, 1.165) is 29.9 Å². The molecule has 0 saturated heterocycles. The third-order valence-electron chi connectivity index (χ3n) is 3.32. The van der Waals surface area contributed by atoms with Crippen molar-refractivity contribution >= 4 is 5.65 Å². The largest absolute Gasteiger partial charge is 0.221 e. The molecule has 96 valence electrons. The molecule has 3 nitrogen and oxygen atoms in total. The normalized spacial score (nSPS) is 11.1. The topological polar surface area (TPSA) is 30.2 Å². The molecule has 0 bridgehead atoms. The van der Waals surface area contributed by atoms with Crippen molar-refractivity contribution in [2.45, 2.75) is 26.7 Å². The van der Waals surface area contributed by atoms with Gasteiger partial charge in [-0.2, -0.15) is 5.10 Å². The second-order valence-electron chi connectivity index (χ2n) is 4.98. The summed E-state index contributed by atoms with van der Waals surface area (Å²) in [6.45, 7) is 4.18. The minimum absolute atomic E-state index is 0.880. The molecule has 0 aliphatic rings. The van der Waals surface area contributed by atoms with Crippen LogP contribution in [0.25, 0.3) is 5.65 Å². The maximum atomic E-state index is 4.60. The molecule has 2 aromatic heterocycles. The first-order chi connectivity index (χ1) is 9.22. The van der Waals surface area contributed by atoms with Crippen molar-refractivity contribution < 1.29 is 0 Å². The quantitative estimate of drug-likeness (QED) is 0.716. The smallest absolute Gasteiger partial charge is 0.158 e. The standard InChI is InChI=1S/C16H17N3/c1-12-5-3-7-14(11-12)8-9-15-17-16-13(2)6-4-10-19(16)18-15/h3-7,10-11H,8-9H2,1-2H3. The highest BCUT2D eigenvalue weighted by atomic mass is 15.3. The lowest BCUT2D eigenvalue weighted by atomic mass is 10.1. The molecule has 3 rings (SSSR count). The highest BCUT2D eigenvalue weighted by Crippen LogP contribution is 2.10. The molecule has 0 amide bonds. The Kier molecular flexibility index (Phi) is 3.03. The Morgan fingerprint density at radius 3 is 2.74 bits per heavy atom. The van der Waals surface area contributed by atoms with Gasteiger partial charge in [-0.25, -0.2) is 9.50 Å². The Morgan fingerprint density at radius 1 is 1.05 bits per heavy atom. The Balaban J connectivity index is 1.80. The van der Waals surface area contributed by atoms with Gasteiger partial charge in [0.25, 0.3) is 0 Å². The molecular weight excluding hydrogens is 234 g/mol. The molecule has 1 aromatic carbocycles. The molecule has 0 N–H and O–H groups in total. The number of pyridine rings is 1. The minimum Gasteiger partial charge on any atom is -0.221 e. The third-order valence-corrected chi connectivity index (χ3v) is 3.32. The van der Waals surface area contributed by atoms with Gasteiger partial charge in [0.2, 0.25) is 0 Å². The fraction of sp³-hybridized carbons (Fsp3) is 0.250. The van der Waals surface area contributed by atoms with E-state index in [0.29, 0.717) is 0 Å². The van der Waals surface area contributed by atoms with E-state index in [4.69, 9.17) is 0 Å². The van der Waals surface area contributed by atoms with Gasteiger partial charge in [0, 0.05) is 12.6 Å². The van der Waals surface area contributed by atoms with E-state index in [1.807, 2.05) is 16.8 Å². The molecule has 3 heteroatoms. The lowest BCUT2D eigenvalue weighted by Crippen LogP contribution is -1.94. The lowest BCUT2D eigenvalue weighted by Gasteiger charge is -1.99. The number of aromatic nitrogens is 3. The van der Waals surface area contributed by atoms with E-state index in [1.165, 1.54) is 11.1 Å². The van der Waals surface area contributed by atoms with Gasteiger partial charge in [0.1, 0.15) is 0 Å². The Bertz CT molecular complexity index is 713.